The normalized spacial score (nSPS) is 11.4. The van der Waals surface area contributed by atoms with Crippen LogP contribution >= 0.6 is 11.3 Å². The Morgan fingerprint density at radius 1 is 1.21 bits per heavy atom. The van der Waals surface area contributed by atoms with Gasteiger partial charge in [0.15, 0.2) is 11.5 Å². The molecule has 0 radical (unpaired) electrons. The Labute approximate surface area is 119 Å². The third kappa shape index (κ3) is 3.86. The Morgan fingerprint density at radius 2 is 1.79 bits per heavy atom. The fourth-order valence-electron chi connectivity index (χ4n) is 1.58. The van der Waals surface area contributed by atoms with Crippen LogP contribution in [0.4, 0.5) is 10.7 Å². The molecular formula is C14H24N2O2S. The van der Waals surface area contributed by atoms with E-state index < -0.39 is 0 Å². The predicted octanol–water partition coefficient (Wildman–Crippen LogP) is 3.78. The lowest BCUT2D eigenvalue weighted by Gasteiger charge is -2.14. The van der Waals surface area contributed by atoms with Crippen LogP contribution in [0.5, 0.6) is 5.75 Å². The van der Waals surface area contributed by atoms with Gasteiger partial charge in [-0.1, -0.05) is 13.8 Å². The van der Waals surface area contributed by atoms with Gasteiger partial charge in [0.1, 0.15) is 5.00 Å². The van der Waals surface area contributed by atoms with E-state index >= 15 is 0 Å². The number of anilines is 2. The van der Waals surface area contributed by atoms with E-state index in [1.807, 2.05) is 41.5 Å². The van der Waals surface area contributed by atoms with E-state index in [9.17, 15) is 4.79 Å². The van der Waals surface area contributed by atoms with Crippen LogP contribution in [-0.2, 0) is 0 Å². The first kappa shape index (κ1) is 15.8. The summed E-state index contributed by atoms with van der Waals surface area (Å²) in [4.78, 5) is 12.7. The Hall–Kier alpha value is -1.23. The minimum Gasteiger partial charge on any atom is -0.486 e. The van der Waals surface area contributed by atoms with Crippen LogP contribution in [0.1, 0.15) is 51.2 Å². The van der Waals surface area contributed by atoms with Crippen molar-refractivity contribution in [1.29, 1.82) is 0 Å². The van der Waals surface area contributed by atoms with Gasteiger partial charge in [-0.05, 0) is 27.7 Å². The van der Waals surface area contributed by atoms with Gasteiger partial charge >= 0.3 is 0 Å². The number of rotatable bonds is 6. The van der Waals surface area contributed by atoms with Crippen molar-refractivity contribution in [2.24, 2.45) is 5.92 Å². The molecular weight excluding hydrogens is 260 g/mol. The molecule has 0 aliphatic heterocycles. The molecule has 0 saturated heterocycles. The molecule has 3 N–H and O–H groups in total. The van der Waals surface area contributed by atoms with Crippen molar-refractivity contribution in [3.63, 3.8) is 0 Å². The third-order valence-corrected chi connectivity index (χ3v) is 3.55. The van der Waals surface area contributed by atoms with Gasteiger partial charge in [-0.15, -0.1) is 11.3 Å². The van der Waals surface area contributed by atoms with Gasteiger partial charge in [0.25, 0.3) is 0 Å². The second-order valence-electron chi connectivity index (χ2n) is 5.49. The van der Waals surface area contributed by atoms with Crippen molar-refractivity contribution in [3.8, 4) is 5.75 Å². The molecule has 0 atom stereocenters. The van der Waals surface area contributed by atoms with E-state index in [2.05, 4.69) is 5.32 Å². The monoisotopic (exact) mass is 284 g/mol. The quantitative estimate of drug-likeness (QED) is 0.780. The Kier molecular flexibility index (Phi) is 5.23. The molecule has 0 fully saturated rings. The summed E-state index contributed by atoms with van der Waals surface area (Å²) in [7, 11) is 0. The fourth-order valence-corrected chi connectivity index (χ4v) is 2.87. The maximum absolute atomic E-state index is 12.1. The standard InChI is InChI=1S/C14H24N2O2S/c1-7(2)11(17)13-10(15)12(18-9(5)6)14(19-13)16-8(3)4/h7-9,16H,15H2,1-6H3. The summed E-state index contributed by atoms with van der Waals surface area (Å²) in [5.41, 5.74) is 6.55. The van der Waals surface area contributed by atoms with Crippen LogP contribution in [0.2, 0.25) is 0 Å². The van der Waals surface area contributed by atoms with Gasteiger partial charge in [0, 0.05) is 12.0 Å². The molecule has 1 aromatic heterocycles. The maximum Gasteiger partial charge on any atom is 0.177 e. The van der Waals surface area contributed by atoms with Gasteiger partial charge in [0.05, 0.1) is 16.7 Å². The van der Waals surface area contributed by atoms with Gasteiger partial charge in [-0.25, -0.2) is 0 Å². The summed E-state index contributed by atoms with van der Waals surface area (Å²) >= 11 is 1.38. The second kappa shape index (κ2) is 6.28. The molecule has 0 aliphatic carbocycles. The van der Waals surface area contributed by atoms with Crippen molar-refractivity contribution in [2.45, 2.75) is 53.7 Å². The van der Waals surface area contributed by atoms with E-state index in [1.54, 1.807) is 0 Å². The zero-order chi connectivity index (χ0) is 14.7. The predicted molar refractivity (Wildman–Crippen MR) is 82.4 cm³/mol. The van der Waals surface area contributed by atoms with E-state index in [0.29, 0.717) is 16.3 Å². The third-order valence-electron chi connectivity index (χ3n) is 2.42. The average Bonchev–Trinajstić information content (AvgIpc) is 2.55. The number of carbonyl (C=O) groups is 1. The highest BCUT2D eigenvalue weighted by Crippen LogP contribution is 2.44. The first-order valence-corrected chi connectivity index (χ1v) is 7.45. The van der Waals surface area contributed by atoms with Crippen molar-refractivity contribution in [1.82, 2.24) is 0 Å². The molecule has 0 unspecified atom stereocenters. The molecule has 5 heteroatoms. The summed E-state index contributed by atoms with van der Waals surface area (Å²) in [5.74, 6) is 0.602. The number of thiophene rings is 1. The molecule has 0 bridgehead atoms. The lowest BCUT2D eigenvalue weighted by atomic mass is 10.1. The highest BCUT2D eigenvalue weighted by molar-refractivity contribution is 7.19. The highest BCUT2D eigenvalue weighted by atomic mass is 32.1. The van der Waals surface area contributed by atoms with Crippen molar-refractivity contribution < 1.29 is 9.53 Å². The van der Waals surface area contributed by atoms with E-state index in [0.717, 1.165) is 5.00 Å². The first-order chi connectivity index (χ1) is 8.73. The molecule has 0 spiro atoms. The lowest BCUT2D eigenvalue weighted by molar-refractivity contribution is 0.0944. The molecule has 108 valence electrons. The lowest BCUT2D eigenvalue weighted by Crippen LogP contribution is -2.12. The number of ketones is 1. The Morgan fingerprint density at radius 3 is 2.21 bits per heavy atom. The van der Waals surface area contributed by atoms with Crippen molar-refractivity contribution in [2.75, 3.05) is 11.1 Å². The first-order valence-electron chi connectivity index (χ1n) is 6.63. The number of Topliss-reactive ketones (excluding diaryl/α,β-unsaturated/α-hetero) is 1. The van der Waals surface area contributed by atoms with Crippen LogP contribution in [0.3, 0.4) is 0 Å². The molecule has 0 amide bonds. The molecule has 19 heavy (non-hydrogen) atoms. The van der Waals surface area contributed by atoms with Crippen LogP contribution in [-0.4, -0.2) is 17.9 Å². The summed E-state index contributed by atoms with van der Waals surface area (Å²) < 4.78 is 5.76. The SMILES string of the molecule is CC(C)Nc1sc(C(=O)C(C)C)c(N)c1OC(C)C. The van der Waals surface area contributed by atoms with E-state index in [4.69, 9.17) is 10.5 Å². The minimum absolute atomic E-state index is 0.0200. The van der Waals surface area contributed by atoms with Crippen molar-refractivity contribution >= 4 is 27.8 Å². The smallest absolute Gasteiger partial charge is 0.177 e. The van der Waals surface area contributed by atoms with Crippen molar-refractivity contribution in [3.05, 3.63) is 4.88 Å². The van der Waals surface area contributed by atoms with Crippen LogP contribution in [0.25, 0.3) is 0 Å². The number of ether oxygens (including phenoxy) is 1. The molecule has 0 aliphatic rings. The summed E-state index contributed by atoms with van der Waals surface area (Å²) in [6, 6.07) is 0.259. The van der Waals surface area contributed by atoms with Gasteiger partial charge in [-0.2, -0.15) is 0 Å². The largest absolute Gasteiger partial charge is 0.486 e. The molecule has 0 aromatic carbocycles. The summed E-state index contributed by atoms with van der Waals surface area (Å²) in [6.07, 6.45) is 0.0200. The Bertz CT molecular complexity index is 451. The summed E-state index contributed by atoms with van der Waals surface area (Å²) in [6.45, 7) is 11.7. The number of nitrogen functional groups attached to an aromatic ring is 1. The number of carbonyl (C=O) groups excluding carboxylic acids is 1. The van der Waals surface area contributed by atoms with E-state index in [-0.39, 0.29) is 23.8 Å². The number of nitrogens with one attached hydrogen (secondary N) is 1. The molecule has 1 aromatic rings. The average molecular weight is 284 g/mol. The molecule has 1 heterocycles. The van der Waals surface area contributed by atoms with Crippen LogP contribution in [0.15, 0.2) is 0 Å². The van der Waals surface area contributed by atoms with Crippen LogP contribution in [0, 0.1) is 5.92 Å². The summed E-state index contributed by atoms with van der Waals surface area (Å²) in [5, 5.41) is 4.13. The fraction of sp³-hybridized carbons (Fsp3) is 0.643. The second-order valence-corrected chi connectivity index (χ2v) is 6.51. The molecule has 1 rings (SSSR count). The minimum atomic E-state index is -0.0697. The van der Waals surface area contributed by atoms with Crippen LogP contribution < -0.4 is 15.8 Å². The Balaban J connectivity index is 3.21. The molecule has 4 nitrogen and oxygen atoms in total. The van der Waals surface area contributed by atoms with E-state index in [1.165, 1.54) is 11.3 Å². The van der Waals surface area contributed by atoms with Gasteiger partial charge in [-0.3, -0.25) is 4.79 Å². The zero-order valence-electron chi connectivity index (χ0n) is 12.5. The molecule has 0 saturated carbocycles. The topological polar surface area (TPSA) is 64.4 Å². The number of nitrogens with two attached hydrogens (primary N) is 1. The maximum atomic E-state index is 12.1. The van der Waals surface area contributed by atoms with Gasteiger partial charge in [0.2, 0.25) is 0 Å². The number of hydrogen-bond acceptors (Lipinski definition) is 5. The number of hydrogen-bond donors (Lipinski definition) is 2. The van der Waals surface area contributed by atoms with Gasteiger partial charge < -0.3 is 15.8 Å². The zero-order valence-corrected chi connectivity index (χ0v) is 13.4. The highest BCUT2D eigenvalue weighted by Gasteiger charge is 2.24.